The van der Waals surface area contributed by atoms with Crippen LogP contribution >= 0.6 is 0 Å². The molecule has 1 amide bonds. The highest BCUT2D eigenvalue weighted by atomic mass is 32.2. The van der Waals surface area contributed by atoms with E-state index in [-0.39, 0.29) is 35.3 Å². The first-order chi connectivity index (χ1) is 11.7. The SMILES string of the molecule is Cc1nn(C2CCS(=O)(=O)C2)c(C)c1C(=O)Nc1n[nH]c(C(C)C)n1. The molecule has 3 rings (SSSR count). The molecule has 1 fully saturated rings. The lowest BCUT2D eigenvalue weighted by molar-refractivity contribution is 0.102. The normalized spacial score (nSPS) is 19.5. The van der Waals surface area contributed by atoms with Crippen LogP contribution < -0.4 is 5.32 Å². The zero-order valence-corrected chi connectivity index (χ0v) is 15.5. The van der Waals surface area contributed by atoms with Crippen LogP contribution in [0.3, 0.4) is 0 Å². The number of carbonyl (C=O) groups excluding carboxylic acids is 1. The van der Waals surface area contributed by atoms with E-state index in [1.165, 1.54) is 0 Å². The van der Waals surface area contributed by atoms with Crippen molar-refractivity contribution in [3.63, 3.8) is 0 Å². The second-order valence-corrected chi connectivity index (χ2v) is 8.93. The monoisotopic (exact) mass is 366 g/mol. The van der Waals surface area contributed by atoms with Crippen molar-refractivity contribution < 1.29 is 13.2 Å². The van der Waals surface area contributed by atoms with E-state index in [2.05, 4.69) is 25.6 Å². The van der Waals surface area contributed by atoms with Gasteiger partial charge < -0.3 is 0 Å². The van der Waals surface area contributed by atoms with Gasteiger partial charge >= 0.3 is 0 Å². The molecule has 3 heterocycles. The van der Waals surface area contributed by atoms with Crippen molar-refractivity contribution in [2.75, 3.05) is 16.8 Å². The fourth-order valence-corrected chi connectivity index (χ4v) is 4.76. The summed E-state index contributed by atoms with van der Waals surface area (Å²) < 4.78 is 25.1. The number of amides is 1. The maximum Gasteiger partial charge on any atom is 0.261 e. The topological polar surface area (TPSA) is 123 Å². The predicted octanol–water partition coefficient (Wildman–Crippen LogP) is 1.35. The van der Waals surface area contributed by atoms with Crippen molar-refractivity contribution in [2.24, 2.45) is 0 Å². The smallest absolute Gasteiger partial charge is 0.261 e. The average Bonchev–Trinajstić information content (AvgIpc) is 3.17. The van der Waals surface area contributed by atoms with Gasteiger partial charge in [-0.2, -0.15) is 10.1 Å². The number of carbonyl (C=O) groups is 1. The summed E-state index contributed by atoms with van der Waals surface area (Å²) in [6.45, 7) is 7.46. The van der Waals surface area contributed by atoms with Gasteiger partial charge in [0.25, 0.3) is 5.91 Å². The largest absolute Gasteiger partial charge is 0.289 e. The number of nitrogens with zero attached hydrogens (tertiary/aromatic N) is 4. The van der Waals surface area contributed by atoms with E-state index in [0.29, 0.717) is 29.2 Å². The van der Waals surface area contributed by atoms with Gasteiger partial charge in [0, 0.05) is 11.6 Å². The molecule has 0 saturated carbocycles. The first-order valence-corrected chi connectivity index (χ1v) is 10.00. The van der Waals surface area contributed by atoms with Crippen LogP contribution in [0.5, 0.6) is 0 Å². The fourth-order valence-electron chi connectivity index (χ4n) is 3.07. The first-order valence-electron chi connectivity index (χ1n) is 8.17. The zero-order chi connectivity index (χ0) is 18.4. The second-order valence-electron chi connectivity index (χ2n) is 6.70. The Labute approximate surface area is 146 Å². The summed E-state index contributed by atoms with van der Waals surface area (Å²) in [4.78, 5) is 16.8. The van der Waals surface area contributed by atoms with Gasteiger partial charge in [0.2, 0.25) is 5.95 Å². The van der Waals surface area contributed by atoms with Gasteiger partial charge in [-0.05, 0) is 20.3 Å². The van der Waals surface area contributed by atoms with Crippen molar-refractivity contribution in [1.82, 2.24) is 25.0 Å². The van der Waals surface area contributed by atoms with E-state index in [1.807, 2.05) is 13.8 Å². The van der Waals surface area contributed by atoms with Crippen molar-refractivity contribution in [1.29, 1.82) is 0 Å². The Hall–Kier alpha value is -2.23. The molecule has 1 atom stereocenters. The minimum atomic E-state index is -3.02. The fraction of sp³-hybridized carbons (Fsp3) is 0.600. The van der Waals surface area contributed by atoms with Crippen LogP contribution in [-0.2, 0) is 9.84 Å². The number of nitrogens with one attached hydrogen (secondary N) is 2. The minimum absolute atomic E-state index is 0.0642. The molecule has 9 nitrogen and oxygen atoms in total. The molecule has 0 spiro atoms. The Kier molecular flexibility index (Phi) is 4.40. The number of aryl methyl sites for hydroxylation is 1. The standard InChI is InChI=1S/C15H22N6O3S/c1-8(2)13-16-15(19-18-13)17-14(22)12-9(3)20-21(10(12)4)11-5-6-25(23,24)7-11/h8,11H,5-7H2,1-4H3,(H2,16,17,18,19,22). The lowest BCUT2D eigenvalue weighted by Crippen LogP contribution is -2.17. The molecular formula is C15H22N6O3S. The van der Waals surface area contributed by atoms with Gasteiger partial charge in [0.1, 0.15) is 5.82 Å². The third-order valence-corrected chi connectivity index (χ3v) is 6.13. The Bertz CT molecular complexity index is 912. The highest BCUT2D eigenvalue weighted by Gasteiger charge is 2.32. The lowest BCUT2D eigenvalue weighted by atomic mass is 10.1. The Morgan fingerprint density at radius 3 is 2.64 bits per heavy atom. The minimum Gasteiger partial charge on any atom is -0.289 e. The molecule has 10 heteroatoms. The van der Waals surface area contributed by atoms with Gasteiger partial charge in [-0.25, -0.2) is 8.42 Å². The third-order valence-electron chi connectivity index (χ3n) is 4.38. The van der Waals surface area contributed by atoms with E-state index in [9.17, 15) is 13.2 Å². The highest BCUT2D eigenvalue weighted by molar-refractivity contribution is 7.91. The summed E-state index contributed by atoms with van der Waals surface area (Å²) in [6, 6.07) is -0.221. The number of hydrogen-bond donors (Lipinski definition) is 2. The third kappa shape index (κ3) is 3.44. The molecule has 1 saturated heterocycles. The number of rotatable bonds is 4. The molecule has 136 valence electrons. The Morgan fingerprint density at radius 1 is 1.36 bits per heavy atom. The number of hydrogen-bond acceptors (Lipinski definition) is 6. The summed E-state index contributed by atoms with van der Waals surface area (Å²) in [5.41, 5.74) is 1.64. The van der Waals surface area contributed by atoms with Gasteiger partial charge in [0.15, 0.2) is 9.84 Å². The van der Waals surface area contributed by atoms with E-state index in [4.69, 9.17) is 0 Å². The first kappa shape index (κ1) is 17.6. The summed E-state index contributed by atoms with van der Waals surface area (Å²) in [7, 11) is -3.02. The van der Waals surface area contributed by atoms with E-state index in [0.717, 1.165) is 0 Å². The number of aromatic amines is 1. The molecule has 2 aromatic rings. The molecule has 1 aliphatic heterocycles. The highest BCUT2D eigenvalue weighted by Crippen LogP contribution is 2.27. The Morgan fingerprint density at radius 2 is 2.08 bits per heavy atom. The maximum atomic E-state index is 12.6. The Balaban J connectivity index is 1.83. The zero-order valence-electron chi connectivity index (χ0n) is 14.7. The van der Waals surface area contributed by atoms with Crippen LogP contribution in [0.4, 0.5) is 5.95 Å². The summed E-state index contributed by atoms with van der Waals surface area (Å²) >= 11 is 0. The molecule has 1 unspecified atom stereocenters. The van der Waals surface area contributed by atoms with E-state index in [1.54, 1.807) is 18.5 Å². The maximum absolute atomic E-state index is 12.6. The van der Waals surface area contributed by atoms with E-state index < -0.39 is 9.84 Å². The van der Waals surface area contributed by atoms with Gasteiger partial charge in [0.05, 0.1) is 28.8 Å². The predicted molar refractivity (Wildman–Crippen MR) is 92.4 cm³/mol. The number of anilines is 1. The van der Waals surface area contributed by atoms with Crippen molar-refractivity contribution in [3.05, 3.63) is 22.8 Å². The number of H-pyrrole nitrogens is 1. The number of aromatic nitrogens is 5. The van der Waals surface area contributed by atoms with E-state index >= 15 is 0 Å². The molecule has 0 radical (unpaired) electrons. The van der Waals surface area contributed by atoms with Gasteiger partial charge in [-0.1, -0.05) is 13.8 Å². The lowest BCUT2D eigenvalue weighted by Gasteiger charge is -2.11. The molecule has 2 aromatic heterocycles. The van der Waals surface area contributed by atoms with Crippen LogP contribution in [0.1, 0.15) is 59.8 Å². The molecule has 0 bridgehead atoms. The summed E-state index contributed by atoms with van der Waals surface area (Å²) in [5.74, 6) is 0.950. The van der Waals surface area contributed by atoms with Crippen molar-refractivity contribution in [2.45, 2.75) is 46.1 Å². The molecule has 1 aliphatic rings. The van der Waals surface area contributed by atoms with Crippen LogP contribution in [0.2, 0.25) is 0 Å². The van der Waals surface area contributed by atoms with Crippen molar-refractivity contribution >= 4 is 21.7 Å². The van der Waals surface area contributed by atoms with Crippen LogP contribution in [-0.4, -0.2) is 50.8 Å². The van der Waals surface area contributed by atoms with Crippen molar-refractivity contribution in [3.8, 4) is 0 Å². The molecule has 2 N–H and O–H groups in total. The molecule has 0 aliphatic carbocycles. The van der Waals surface area contributed by atoms with Crippen LogP contribution in [0, 0.1) is 13.8 Å². The quantitative estimate of drug-likeness (QED) is 0.842. The molecule has 0 aromatic carbocycles. The average molecular weight is 366 g/mol. The second kappa shape index (κ2) is 6.25. The number of sulfone groups is 1. The summed E-state index contributed by atoms with van der Waals surface area (Å²) in [6.07, 6.45) is 0.518. The van der Waals surface area contributed by atoms with Crippen LogP contribution in [0.25, 0.3) is 0 Å². The van der Waals surface area contributed by atoms with Gasteiger partial charge in [-0.15, -0.1) is 5.10 Å². The van der Waals surface area contributed by atoms with Gasteiger partial charge in [-0.3, -0.25) is 19.9 Å². The van der Waals surface area contributed by atoms with Crippen LogP contribution in [0.15, 0.2) is 0 Å². The molecule has 25 heavy (non-hydrogen) atoms. The summed E-state index contributed by atoms with van der Waals surface area (Å²) in [5, 5.41) is 13.8. The molecular weight excluding hydrogens is 344 g/mol.